The quantitative estimate of drug-likeness (QED) is 0.587. The average Bonchev–Trinajstić information content (AvgIpc) is 2.85. The average molecular weight is 361 g/mol. The van der Waals surface area contributed by atoms with Gasteiger partial charge in [0.15, 0.2) is 5.76 Å². The van der Waals surface area contributed by atoms with Crippen molar-refractivity contribution in [3.05, 3.63) is 51.4 Å². The van der Waals surface area contributed by atoms with Crippen LogP contribution in [0.1, 0.15) is 53.3 Å². The number of oxime groups is 1. The molecule has 1 aliphatic carbocycles. The van der Waals surface area contributed by atoms with Crippen molar-refractivity contribution in [1.29, 1.82) is 0 Å². The summed E-state index contributed by atoms with van der Waals surface area (Å²) in [6.07, 6.45) is 1.32. The molecule has 0 atom stereocenters. The fourth-order valence-electron chi connectivity index (χ4n) is 3.32. The second-order valence-corrected chi connectivity index (χ2v) is 7.77. The van der Waals surface area contributed by atoms with E-state index in [1.54, 1.807) is 12.1 Å². The Morgan fingerprint density at radius 1 is 1.32 bits per heavy atom. The van der Waals surface area contributed by atoms with Crippen molar-refractivity contribution in [2.45, 2.75) is 40.5 Å². The van der Waals surface area contributed by atoms with E-state index >= 15 is 0 Å². The molecule has 0 radical (unpaired) electrons. The first-order chi connectivity index (χ1) is 11.7. The summed E-state index contributed by atoms with van der Waals surface area (Å²) in [7, 11) is 0. The molecule has 0 saturated heterocycles. The van der Waals surface area contributed by atoms with E-state index < -0.39 is 0 Å². The lowest BCUT2D eigenvalue weighted by Crippen LogP contribution is -2.27. The topological polar surface area (TPSA) is 74.8 Å². The molecule has 2 N–H and O–H groups in total. The number of anilines is 1. The van der Waals surface area contributed by atoms with Crippen molar-refractivity contribution in [3.8, 4) is 0 Å². The SMILES string of the molecule is Cc1ccc(Cl)cc1NC(=O)c1oc2c(c1C)/C(=N\O)CC(C)(C)C2. The Balaban J connectivity index is 1.98. The van der Waals surface area contributed by atoms with Crippen LogP contribution < -0.4 is 5.32 Å². The van der Waals surface area contributed by atoms with Crippen LogP contribution in [0.4, 0.5) is 5.69 Å². The van der Waals surface area contributed by atoms with Gasteiger partial charge in [-0.05, 0) is 43.4 Å². The lowest BCUT2D eigenvalue weighted by molar-refractivity contribution is 0.0992. The molecule has 6 heteroatoms. The number of nitrogens with zero attached hydrogens (tertiary/aromatic N) is 1. The number of hydrogen-bond donors (Lipinski definition) is 2. The molecule has 0 spiro atoms. The van der Waals surface area contributed by atoms with Gasteiger partial charge in [0, 0.05) is 28.3 Å². The van der Waals surface area contributed by atoms with Crippen LogP contribution in [0, 0.1) is 19.3 Å². The number of aryl methyl sites for hydroxylation is 1. The summed E-state index contributed by atoms with van der Waals surface area (Å²) in [5.74, 6) is 0.588. The van der Waals surface area contributed by atoms with Crippen LogP contribution in [0.15, 0.2) is 27.8 Å². The number of fused-ring (bicyclic) bond motifs is 1. The van der Waals surface area contributed by atoms with Gasteiger partial charge in [0.1, 0.15) is 5.76 Å². The molecule has 1 aromatic heterocycles. The molecule has 0 fully saturated rings. The molecule has 1 aliphatic rings. The van der Waals surface area contributed by atoms with Gasteiger partial charge in [-0.25, -0.2) is 0 Å². The van der Waals surface area contributed by atoms with E-state index in [2.05, 4.69) is 24.3 Å². The van der Waals surface area contributed by atoms with E-state index in [4.69, 9.17) is 16.0 Å². The first kappa shape index (κ1) is 17.5. The van der Waals surface area contributed by atoms with E-state index in [1.807, 2.05) is 19.9 Å². The van der Waals surface area contributed by atoms with E-state index in [9.17, 15) is 10.0 Å². The number of amides is 1. The maximum absolute atomic E-state index is 12.7. The highest BCUT2D eigenvalue weighted by atomic mass is 35.5. The standard InChI is InChI=1S/C19H21ClN2O3/c1-10-5-6-12(20)7-13(10)21-18(23)17-11(2)16-14(22-24)8-19(3,4)9-15(16)25-17/h5-7,24H,8-9H2,1-4H3,(H,21,23)/b22-14-. The second-order valence-electron chi connectivity index (χ2n) is 7.33. The van der Waals surface area contributed by atoms with Crippen LogP contribution >= 0.6 is 11.6 Å². The first-order valence-electron chi connectivity index (χ1n) is 8.13. The zero-order valence-corrected chi connectivity index (χ0v) is 15.5. The molecule has 3 rings (SSSR count). The Hall–Kier alpha value is -2.27. The molecule has 1 amide bonds. The van der Waals surface area contributed by atoms with Gasteiger partial charge >= 0.3 is 0 Å². The Morgan fingerprint density at radius 2 is 2.04 bits per heavy atom. The molecule has 5 nitrogen and oxygen atoms in total. The van der Waals surface area contributed by atoms with Gasteiger partial charge in [-0.2, -0.15) is 0 Å². The van der Waals surface area contributed by atoms with Gasteiger partial charge in [0.05, 0.1) is 5.71 Å². The number of benzene rings is 1. The normalized spacial score (nSPS) is 17.4. The number of carbonyl (C=O) groups is 1. The van der Waals surface area contributed by atoms with Crippen molar-refractivity contribution >= 4 is 28.9 Å². The summed E-state index contributed by atoms with van der Waals surface area (Å²) >= 11 is 6.01. The minimum absolute atomic E-state index is 0.0872. The summed E-state index contributed by atoms with van der Waals surface area (Å²) in [4.78, 5) is 12.7. The minimum atomic E-state index is -0.340. The lowest BCUT2D eigenvalue weighted by Gasteiger charge is -2.28. The van der Waals surface area contributed by atoms with Gasteiger partial charge in [-0.15, -0.1) is 0 Å². The zero-order valence-electron chi connectivity index (χ0n) is 14.7. The number of furan rings is 1. The Bertz CT molecular complexity index is 881. The van der Waals surface area contributed by atoms with Crippen LogP contribution in [0.3, 0.4) is 0 Å². The summed E-state index contributed by atoms with van der Waals surface area (Å²) in [6.45, 7) is 7.86. The maximum atomic E-state index is 12.7. The van der Waals surface area contributed by atoms with Crippen molar-refractivity contribution in [1.82, 2.24) is 0 Å². The third-order valence-corrected chi connectivity index (χ3v) is 4.80. The third kappa shape index (κ3) is 3.29. The molecule has 0 unspecified atom stereocenters. The zero-order chi connectivity index (χ0) is 18.4. The molecule has 0 saturated carbocycles. The number of rotatable bonds is 2. The lowest BCUT2D eigenvalue weighted by atomic mass is 9.75. The van der Waals surface area contributed by atoms with Gasteiger partial charge in [-0.3, -0.25) is 4.79 Å². The number of halogens is 1. The van der Waals surface area contributed by atoms with E-state index in [1.165, 1.54) is 0 Å². The molecular weight excluding hydrogens is 340 g/mol. The highest BCUT2D eigenvalue weighted by molar-refractivity contribution is 6.31. The van der Waals surface area contributed by atoms with E-state index in [0.29, 0.717) is 40.6 Å². The first-order valence-corrected chi connectivity index (χ1v) is 8.51. The molecule has 132 valence electrons. The van der Waals surface area contributed by atoms with E-state index in [0.717, 1.165) is 11.1 Å². The highest BCUT2D eigenvalue weighted by Gasteiger charge is 2.36. The minimum Gasteiger partial charge on any atom is -0.455 e. The van der Waals surface area contributed by atoms with Crippen LogP contribution in [0.25, 0.3) is 0 Å². The number of carbonyl (C=O) groups excluding carboxylic acids is 1. The van der Waals surface area contributed by atoms with Gasteiger partial charge in [0.2, 0.25) is 0 Å². The molecule has 0 aliphatic heterocycles. The van der Waals surface area contributed by atoms with Gasteiger partial charge < -0.3 is 14.9 Å². The van der Waals surface area contributed by atoms with Gasteiger partial charge in [0.25, 0.3) is 5.91 Å². The molecule has 0 bridgehead atoms. The smallest absolute Gasteiger partial charge is 0.291 e. The molecule has 1 aromatic carbocycles. The molecule has 25 heavy (non-hydrogen) atoms. The summed E-state index contributed by atoms with van der Waals surface area (Å²) in [5, 5.41) is 16.2. The van der Waals surface area contributed by atoms with E-state index in [-0.39, 0.29) is 17.1 Å². The molecular formula is C19H21ClN2O3. The second kappa shape index (κ2) is 6.23. The Labute approximate surface area is 151 Å². The fraction of sp³-hybridized carbons (Fsp3) is 0.368. The van der Waals surface area contributed by atoms with Crippen molar-refractivity contribution in [2.24, 2.45) is 10.6 Å². The summed E-state index contributed by atoms with van der Waals surface area (Å²) in [5.41, 5.74) is 3.46. The van der Waals surface area contributed by atoms with Crippen molar-refractivity contribution in [3.63, 3.8) is 0 Å². The molecule has 2 aromatic rings. The van der Waals surface area contributed by atoms with Crippen molar-refractivity contribution in [2.75, 3.05) is 5.32 Å². The third-order valence-electron chi connectivity index (χ3n) is 4.57. The van der Waals surface area contributed by atoms with Crippen LogP contribution in [-0.4, -0.2) is 16.8 Å². The molecule has 1 heterocycles. The predicted octanol–water partition coefficient (Wildman–Crippen LogP) is 4.95. The Kier molecular flexibility index (Phi) is 4.37. The highest BCUT2D eigenvalue weighted by Crippen LogP contribution is 2.39. The summed E-state index contributed by atoms with van der Waals surface area (Å²) < 4.78 is 5.87. The largest absolute Gasteiger partial charge is 0.455 e. The maximum Gasteiger partial charge on any atom is 0.291 e. The Morgan fingerprint density at radius 3 is 2.72 bits per heavy atom. The summed E-state index contributed by atoms with van der Waals surface area (Å²) in [6, 6.07) is 5.32. The fourth-order valence-corrected chi connectivity index (χ4v) is 3.50. The monoisotopic (exact) mass is 360 g/mol. The number of hydrogen-bond acceptors (Lipinski definition) is 4. The van der Waals surface area contributed by atoms with Crippen LogP contribution in [0.2, 0.25) is 5.02 Å². The van der Waals surface area contributed by atoms with Crippen LogP contribution in [-0.2, 0) is 6.42 Å². The van der Waals surface area contributed by atoms with Crippen molar-refractivity contribution < 1.29 is 14.4 Å². The van der Waals surface area contributed by atoms with Gasteiger partial charge in [-0.1, -0.05) is 36.7 Å². The predicted molar refractivity (Wildman–Crippen MR) is 98.0 cm³/mol. The number of nitrogens with one attached hydrogen (secondary N) is 1. The van der Waals surface area contributed by atoms with Crippen LogP contribution in [0.5, 0.6) is 0 Å².